The summed E-state index contributed by atoms with van der Waals surface area (Å²) in [5.41, 5.74) is 1.05. The van der Waals surface area contributed by atoms with Gasteiger partial charge in [0.25, 0.3) is 0 Å². The first-order valence-electron chi connectivity index (χ1n) is 10.9. The van der Waals surface area contributed by atoms with Crippen molar-refractivity contribution >= 4 is 11.9 Å². The topological polar surface area (TPSA) is 56.3 Å². The van der Waals surface area contributed by atoms with Crippen LogP contribution in [-0.2, 0) is 9.53 Å². The van der Waals surface area contributed by atoms with E-state index in [-0.39, 0.29) is 18.0 Å². The van der Waals surface area contributed by atoms with Crippen LogP contribution in [0.3, 0.4) is 0 Å². The SMILES string of the molecule is O=C(C(c1ccccc1)N1CCN(C(=O)N2CCOCC2)CC1)N1CCCCC1. The van der Waals surface area contributed by atoms with Crippen molar-refractivity contribution in [2.45, 2.75) is 25.3 Å². The van der Waals surface area contributed by atoms with Crippen molar-refractivity contribution in [2.75, 3.05) is 65.6 Å². The molecule has 0 aromatic heterocycles. The van der Waals surface area contributed by atoms with E-state index >= 15 is 0 Å². The molecule has 29 heavy (non-hydrogen) atoms. The Morgan fingerprint density at radius 3 is 2.00 bits per heavy atom. The molecule has 3 aliphatic heterocycles. The number of likely N-dealkylation sites (tertiary alicyclic amines) is 1. The third kappa shape index (κ3) is 4.73. The number of carbonyl (C=O) groups is 2. The smallest absolute Gasteiger partial charge is 0.320 e. The van der Waals surface area contributed by atoms with Gasteiger partial charge in [0.05, 0.1) is 13.2 Å². The average molecular weight is 401 g/mol. The molecule has 7 heteroatoms. The zero-order valence-electron chi connectivity index (χ0n) is 17.2. The Morgan fingerprint density at radius 2 is 1.34 bits per heavy atom. The third-order valence-corrected chi connectivity index (χ3v) is 6.25. The minimum absolute atomic E-state index is 0.103. The van der Waals surface area contributed by atoms with Crippen LogP contribution in [0.1, 0.15) is 30.9 Å². The molecule has 1 aromatic carbocycles. The molecule has 0 spiro atoms. The summed E-state index contributed by atoms with van der Waals surface area (Å²) in [5, 5.41) is 0. The van der Waals surface area contributed by atoms with Gasteiger partial charge in [0, 0.05) is 52.4 Å². The fourth-order valence-corrected chi connectivity index (χ4v) is 4.56. The lowest BCUT2D eigenvalue weighted by molar-refractivity contribution is -0.139. The highest BCUT2D eigenvalue weighted by Crippen LogP contribution is 2.26. The number of piperazine rings is 1. The van der Waals surface area contributed by atoms with Gasteiger partial charge in [-0.1, -0.05) is 30.3 Å². The monoisotopic (exact) mass is 400 g/mol. The highest BCUT2D eigenvalue weighted by atomic mass is 16.5. The Kier molecular flexibility index (Phi) is 6.67. The summed E-state index contributed by atoms with van der Waals surface area (Å²) in [5.74, 6) is 0.212. The highest BCUT2D eigenvalue weighted by Gasteiger charge is 2.35. The zero-order valence-corrected chi connectivity index (χ0v) is 17.2. The quantitative estimate of drug-likeness (QED) is 0.777. The van der Waals surface area contributed by atoms with Gasteiger partial charge in [-0.2, -0.15) is 0 Å². The number of carbonyl (C=O) groups excluding carboxylic acids is 2. The van der Waals surface area contributed by atoms with Gasteiger partial charge in [-0.15, -0.1) is 0 Å². The molecule has 0 saturated carbocycles. The molecule has 3 saturated heterocycles. The standard InChI is InChI=1S/C22H32N4O3/c27-21(24-9-5-2-6-10-24)20(19-7-3-1-4-8-19)23-11-13-25(14-12-23)22(28)26-15-17-29-18-16-26/h1,3-4,7-8,20H,2,5-6,9-18H2. The Labute approximate surface area is 173 Å². The molecule has 1 unspecified atom stereocenters. The van der Waals surface area contributed by atoms with Crippen LogP contribution >= 0.6 is 0 Å². The third-order valence-electron chi connectivity index (χ3n) is 6.25. The van der Waals surface area contributed by atoms with Crippen LogP contribution in [0.2, 0.25) is 0 Å². The molecule has 3 heterocycles. The number of amides is 3. The molecular formula is C22H32N4O3. The highest BCUT2D eigenvalue weighted by molar-refractivity contribution is 5.83. The Morgan fingerprint density at radius 1 is 0.724 bits per heavy atom. The number of hydrogen-bond donors (Lipinski definition) is 0. The molecule has 0 N–H and O–H groups in total. The molecular weight excluding hydrogens is 368 g/mol. The first-order chi connectivity index (χ1) is 14.2. The van der Waals surface area contributed by atoms with Crippen LogP contribution in [0.25, 0.3) is 0 Å². The molecule has 158 valence electrons. The second-order valence-corrected chi connectivity index (χ2v) is 8.10. The summed E-state index contributed by atoms with van der Waals surface area (Å²) in [7, 11) is 0. The van der Waals surface area contributed by atoms with E-state index in [1.54, 1.807) is 0 Å². The van der Waals surface area contributed by atoms with Crippen molar-refractivity contribution in [3.8, 4) is 0 Å². The summed E-state index contributed by atoms with van der Waals surface area (Å²) in [6.45, 7) is 7.04. The molecule has 0 aliphatic carbocycles. The van der Waals surface area contributed by atoms with E-state index in [1.165, 1.54) is 6.42 Å². The molecule has 7 nitrogen and oxygen atoms in total. The molecule has 0 radical (unpaired) electrons. The number of morpholine rings is 1. The minimum atomic E-state index is -0.255. The number of hydrogen-bond acceptors (Lipinski definition) is 4. The van der Waals surface area contributed by atoms with Crippen LogP contribution in [0, 0.1) is 0 Å². The molecule has 3 amide bonds. The number of benzene rings is 1. The van der Waals surface area contributed by atoms with Crippen LogP contribution in [0.15, 0.2) is 30.3 Å². The van der Waals surface area contributed by atoms with E-state index < -0.39 is 0 Å². The second kappa shape index (κ2) is 9.59. The Hall–Kier alpha value is -2.12. The van der Waals surface area contributed by atoms with Gasteiger partial charge in [-0.3, -0.25) is 9.69 Å². The van der Waals surface area contributed by atoms with E-state index in [0.29, 0.717) is 39.4 Å². The predicted octanol–water partition coefficient (Wildman–Crippen LogP) is 1.81. The predicted molar refractivity (Wildman–Crippen MR) is 111 cm³/mol. The summed E-state index contributed by atoms with van der Waals surface area (Å²) in [6.07, 6.45) is 3.40. The molecule has 4 rings (SSSR count). The van der Waals surface area contributed by atoms with Crippen molar-refractivity contribution in [2.24, 2.45) is 0 Å². The van der Waals surface area contributed by atoms with Crippen molar-refractivity contribution < 1.29 is 14.3 Å². The van der Waals surface area contributed by atoms with Gasteiger partial charge in [0.2, 0.25) is 5.91 Å². The molecule has 3 fully saturated rings. The number of rotatable bonds is 3. The number of urea groups is 1. The summed E-state index contributed by atoms with van der Waals surface area (Å²) < 4.78 is 5.36. The molecule has 1 aromatic rings. The minimum Gasteiger partial charge on any atom is -0.378 e. The van der Waals surface area contributed by atoms with Crippen LogP contribution in [0.5, 0.6) is 0 Å². The van der Waals surface area contributed by atoms with Gasteiger partial charge in [0.15, 0.2) is 0 Å². The van der Waals surface area contributed by atoms with Gasteiger partial charge >= 0.3 is 6.03 Å². The van der Waals surface area contributed by atoms with Gasteiger partial charge in [-0.25, -0.2) is 4.79 Å². The lowest BCUT2D eigenvalue weighted by atomic mass is 10.0. The molecule has 0 bridgehead atoms. The first kappa shape index (κ1) is 20.2. The molecule has 1 atom stereocenters. The van der Waals surface area contributed by atoms with Crippen molar-refractivity contribution in [1.29, 1.82) is 0 Å². The van der Waals surface area contributed by atoms with E-state index in [2.05, 4.69) is 17.0 Å². The number of ether oxygens (including phenoxy) is 1. The lowest BCUT2D eigenvalue weighted by Gasteiger charge is -2.42. The van der Waals surface area contributed by atoms with Crippen LogP contribution in [0.4, 0.5) is 4.79 Å². The fraction of sp³-hybridized carbons (Fsp3) is 0.636. The van der Waals surface area contributed by atoms with Gasteiger partial charge < -0.3 is 19.4 Å². The first-order valence-corrected chi connectivity index (χ1v) is 10.9. The fourth-order valence-electron chi connectivity index (χ4n) is 4.56. The maximum atomic E-state index is 13.4. The number of piperidine rings is 1. The largest absolute Gasteiger partial charge is 0.378 e. The van der Waals surface area contributed by atoms with Crippen LogP contribution < -0.4 is 0 Å². The van der Waals surface area contributed by atoms with Crippen molar-refractivity contribution in [3.63, 3.8) is 0 Å². The average Bonchev–Trinajstić information content (AvgIpc) is 2.81. The summed E-state index contributed by atoms with van der Waals surface area (Å²) in [4.78, 5) is 34.3. The van der Waals surface area contributed by atoms with E-state index in [0.717, 1.165) is 44.6 Å². The zero-order chi connectivity index (χ0) is 20.1. The number of nitrogens with zero attached hydrogens (tertiary/aromatic N) is 4. The van der Waals surface area contributed by atoms with Crippen molar-refractivity contribution in [3.05, 3.63) is 35.9 Å². The lowest BCUT2D eigenvalue weighted by Crippen LogP contribution is -2.56. The molecule has 3 aliphatic rings. The normalized spacial score (nSPS) is 22.4. The maximum Gasteiger partial charge on any atom is 0.320 e. The van der Waals surface area contributed by atoms with Gasteiger partial charge in [0.1, 0.15) is 6.04 Å². The summed E-state index contributed by atoms with van der Waals surface area (Å²) >= 11 is 0. The van der Waals surface area contributed by atoms with Gasteiger partial charge in [-0.05, 0) is 24.8 Å². The van der Waals surface area contributed by atoms with Crippen molar-refractivity contribution in [1.82, 2.24) is 19.6 Å². The van der Waals surface area contributed by atoms with E-state index in [1.807, 2.05) is 32.9 Å². The summed E-state index contributed by atoms with van der Waals surface area (Å²) in [6, 6.07) is 9.95. The second-order valence-electron chi connectivity index (χ2n) is 8.10. The Bertz CT molecular complexity index is 679. The maximum absolute atomic E-state index is 13.4. The van der Waals surface area contributed by atoms with E-state index in [9.17, 15) is 9.59 Å². The van der Waals surface area contributed by atoms with E-state index in [4.69, 9.17) is 4.74 Å². The Balaban J connectivity index is 1.43. The van der Waals surface area contributed by atoms with Crippen LogP contribution in [-0.4, -0.2) is 97.1 Å².